The van der Waals surface area contributed by atoms with Crippen LogP contribution in [-0.2, 0) is 0 Å². The van der Waals surface area contributed by atoms with Gasteiger partial charge in [-0.05, 0) is 17.7 Å². The predicted octanol–water partition coefficient (Wildman–Crippen LogP) is 3.88. The zero-order valence-electron chi connectivity index (χ0n) is 9.50. The van der Waals surface area contributed by atoms with Crippen LogP contribution in [0.4, 0.5) is 0 Å². The summed E-state index contributed by atoms with van der Waals surface area (Å²) in [5.41, 5.74) is 1.81. The highest BCUT2D eigenvalue weighted by atomic mass is 35.5. The maximum Gasteiger partial charge on any atom is 0.344 e. The summed E-state index contributed by atoms with van der Waals surface area (Å²) in [7, 11) is 0. The summed E-state index contributed by atoms with van der Waals surface area (Å²) in [5.74, 6) is 0. The fourth-order valence-electron chi connectivity index (χ4n) is 1.88. The fourth-order valence-corrected chi connectivity index (χ4v) is 1.88. The molecule has 18 heavy (non-hydrogen) atoms. The largest absolute Gasteiger partial charge is 0.422 e. The Kier molecular flexibility index (Phi) is 3.49. The van der Waals surface area contributed by atoms with Crippen molar-refractivity contribution in [2.24, 2.45) is 0 Å². The van der Waals surface area contributed by atoms with Crippen molar-refractivity contribution in [3.63, 3.8) is 0 Å². The van der Waals surface area contributed by atoms with E-state index >= 15 is 0 Å². The number of para-hydroxylation sites is 1. The molecular formula is C15H11ClO2. The van der Waals surface area contributed by atoms with Crippen LogP contribution in [0, 0.1) is 0 Å². The van der Waals surface area contributed by atoms with Gasteiger partial charge in [-0.1, -0.05) is 48.5 Å². The number of benzene rings is 2. The van der Waals surface area contributed by atoms with Crippen LogP contribution in [0.5, 0.6) is 0 Å². The van der Waals surface area contributed by atoms with Gasteiger partial charge in [-0.2, -0.15) is 0 Å². The topological polar surface area (TPSA) is 30.2 Å². The lowest BCUT2D eigenvalue weighted by Crippen LogP contribution is -2.02. The summed E-state index contributed by atoms with van der Waals surface area (Å²) < 4.78 is 5.29. The van der Waals surface area contributed by atoms with Gasteiger partial charge in [0.25, 0.3) is 0 Å². The van der Waals surface area contributed by atoms with E-state index in [9.17, 15) is 4.79 Å². The van der Waals surface area contributed by atoms with Gasteiger partial charge in [-0.3, -0.25) is 0 Å². The Balaban J connectivity index is 0.00000120. The van der Waals surface area contributed by atoms with Crippen LogP contribution in [0.2, 0.25) is 0 Å². The molecule has 0 amide bonds. The molecule has 0 aliphatic rings. The van der Waals surface area contributed by atoms with Gasteiger partial charge in [0, 0.05) is 5.39 Å². The van der Waals surface area contributed by atoms with Crippen molar-refractivity contribution >= 4 is 23.4 Å². The van der Waals surface area contributed by atoms with Gasteiger partial charge in [0.15, 0.2) is 0 Å². The summed E-state index contributed by atoms with van der Waals surface area (Å²) >= 11 is 0. The zero-order valence-corrected chi connectivity index (χ0v) is 10.3. The highest BCUT2D eigenvalue weighted by Gasteiger charge is 2.06. The number of halogens is 1. The van der Waals surface area contributed by atoms with Crippen LogP contribution in [0.25, 0.3) is 22.1 Å². The van der Waals surface area contributed by atoms with Gasteiger partial charge < -0.3 is 4.42 Å². The second kappa shape index (κ2) is 5.07. The minimum absolute atomic E-state index is 0. The zero-order chi connectivity index (χ0) is 11.7. The first-order valence-electron chi connectivity index (χ1n) is 5.43. The van der Waals surface area contributed by atoms with Crippen LogP contribution < -0.4 is 5.63 Å². The third-order valence-corrected chi connectivity index (χ3v) is 2.73. The van der Waals surface area contributed by atoms with E-state index in [-0.39, 0.29) is 18.0 Å². The number of hydrogen-bond donors (Lipinski definition) is 0. The Morgan fingerprint density at radius 3 is 2.28 bits per heavy atom. The average molecular weight is 259 g/mol. The van der Waals surface area contributed by atoms with E-state index in [0.29, 0.717) is 11.1 Å². The summed E-state index contributed by atoms with van der Waals surface area (Å²) in [5, 5.41) is 0.936. The van der Waals surface area contributed by atoms with Gasteiger partial charge in [-0.15, -0.1) is 12.4 Å². The van der Waals surface area contributed by atoms with Crippen LogP contribution in [0.3, 0.4) is 0 Å². The molecule has 0 spiro atoms. The number of fused-ring (bicyclic) bond motifs is 1. The molecule has 0 saturated carbocycles. The lowest BCUT2D eigenvalue weighted by molar-refractivity contribution is 0.563. The third-order valence-electron chi connectivity index (χ3n) is 2.73. The molecule has 0 unspecified atom stereocenters. The van der Waals surface area contributed by atoms with E-state index in [1.807, 2.05) is 54.6 Å². The summed E-state index contributed by atoms with van der Waals surface area (Å²) in [6.45, 7) is 0. The van der Waals surface area contributed by atoms with Gasteiger partial charge in [0.05, 0.1) is 5.56 Å². The standard InChI is InChI=1S/C15H10O2.ClH/c16-15-13(11-6-2-1-3-7-11)10-12-8-4-5-9-14(12)17-15;/h1-10H;1H. The first-order chi connectivity index (χ1) is 8.34. The molecule has 0 aliphatic carbocycles. The Morgan fingerprint density at radius 2 is 1.50 bits per heavy atom. The molecule has 0 saturated heterocycles. The number of rotatable bonds is 1. The van der Waals surface area contributed by atoms with Crippen molar-refractivity contribution in [1.82, 2.24) is 0 Å². The molecule has 1 heterocycles. The van der Waals surface area contributed by atoms with Crippen molar-refractivity contribution in [3.05, 3.63) is 71.1 Å². The predicted molar refractivity (Wildman–Crippen MR) is 75.2 cm³/mol. The molecule has 2 nitrogen and oxygen atoms in total. The van der Waals surface area contributed by atoms with Gasteiger partial charge in [0.1, 0.15) is 5.58 Å². The number of hydrogen-bond acceptors (Lipinski definition) is 2. The molecule has 0 radical (unpaired) electrons. The monoisotopic (exact) mass is 258 g/mol. The van der Waals surface area contributed by atoms with Crippen LogP contribution in [0.1, 0.15) is 0 Å². The average Bonchev–Trinajstić information content (AvgIpc) is 2.39. The Bertz CT molecular complexity index is 717. The lowest BCUT2D eigenvalue weighted by Gasteiger charge is -2.01. The first-order valence-corrected chi connectivity index (χ1v) is 5.43. The minimum atomic E-state index is -0.296. The van der Waals surface area contributed by atoms with Gasteiger partial charge in [0.2, 0.25) is 0 Å². The Hall–Kier alpha value is -2.06. The molecule has 0 fully saturated rings. The van der Waals surface area contributed by atoms with E-state index in [2.05, 4.69) is 0 Å². The highest BCUT2D eigenvalue weighted by molar-refractivity contribution is 5.85. The molecule has 3 aromatic rings. The maximum atomic E-state index is 11.9. The lowest BCUT2D eigenvalue weighted by atomic mass is 10.1. The highest BCUT2D eigenvalue weighted by Crippen LogP contribution is 2.20. The molecule has 3 rings (SSSR count). The normalized spacial score (nSPS) is 10.0. The molecular weight excluding hydrogens is 248 g/mol. The molecule has 90 valence electrons. The smallest absolute Gasteiger partial charge is 0.344 e. The maximum absolute atomic E-state index is 11.9. The molecule has 0 N–H and O–H groups in total. The van der Waals surface area contributed by atoms with Crippen molar-refractivity contribution in [1.29, 1.82) is 0 Å². The second-order valence-corrected chi connectivity index (χ2v) is 3.85. The molecule has 1 aromatic heterocycles. The van der Waals surface area contributed by atoms with Crippen molar-refractivity contribution in [2.75, 3.05) is 0 Å². The molecule has 2 aromatic carbocycles. The van der Waals surface area contributed by atoms with E-state index < -0.39 is 0 Å². The fraction of sp³-hybridized carbons (Fsp3) is 0. The third kappa shape index (κ3) is 2.15. The minimum Gasteiger partial charge on any atom is -0.422 e. The summed E-state index contributed by atoms with van der Waals surface area (Å²) in [6, 6.07) is 18.9. The van der Waals surface area contributed by atoms with Crippen molar-refractivity contribution in [3.8, 4) is 11.1 Å². The Labute approximate surface area is 110 Å². The molecule has 0 bridgehead atoms. The van der Waals surface area contributed by atoms with Crippen LogP contribution in [-0.4, -0.2) is 0 Å². The van der Waals surface area contributed by atoms with Crippen LogP contribution >= 0.6 is 12.4 Å². The summed E-state index contributed by atoms with van der Waals surface area (Å²) in [4.78, 5) is 11.9. The van der Waals surface area contributed by atoms with Crippen molar-refractivity contribution < 1.29 is 4.42 Å². The molecule has 3 heteroatoms. The van der Waals surface area contributed by atoms with E-state index in [1.54, 1.807) is 6.07 Å². The van der Waals surface area contributed by atoms with Gasteiger partial charge >= 0.3 is 5.63 Å². The van der Waals surface area contributed by atoms with Crippen LogP contribution in [0.15, 0.2) is 69.9 Å². The second-order valence-electron chi connectivity index (χ2n) is 3.85. The molecule has 0 aliphatic heterocycles. The van der Waals surface area contributed by atoms with E-state index in [4.69, 9.17) is 4.42 Å². The summed E-state index contributed by atoms with van der Waals surface area (Å²) in [6.07, 6.45) is 0. The van der Waals surface area contributed by atoms with Gasteiger partial charge in [-0.25, -0.2) is 4.79 Å². The quantitative estimate of drug-likeness (QED) is 0.620. The Morgan fingerprint density at radius 1 is 0.833 bits per heavy atom. The first kappa shape index (κ1) is 12.4. The van der Waals surface area contributed by atoms with E-state index in [1.165, 1.54) is 0 Å². The molecule has 0 atom stereocenters. The van der Waals surface area contributed by atoms with E-state index in [0.717, 1.165) is 10.9 Å². The SMILES string of the molecule is Cl.O=c1oc2ccccc2cc1-c1ccccc1. The van der Waals surface area contributed by atoms with Crippen molar-refractivity contribution in [2.45, 2.75) is 0 Å².